The van der Waals surface area contributed by atoms with Crippen LogP contribution in [0.1, 0.15) is 128 Å². The fourth-order valence-corrected chi connectivity index (χ4v) is 16.2. The molecule has 25 atom stereocenters. The summed E-state index contributed by atoms with van der Waals surface area (Å²) in [6, 6.07) is 0. The average molecular weight is 981 g/mol. The van der Waals surface area contributed by atoms with Gasteiger partial charge in [-0.25, -0.2) is 0 Å². The molecule has 2 spiro atoms. The summed E-state index contributed by atoms with van der Waals surface area (Å²) in [6.07, 6.45) is -9.39. The van der Waals surface area contributed by atoms with Gasteiger partial charge < -0.3 is 78.0 Å². The molecule has 2 bridgehead atoms. The summed E-state index contributed by atoms with van der Waals surface area (Å²) in [7, 11) is 0. The molecule has 6 N–H and O–H groups in total. The van der Waals surface area contributed by atoms with Gasteiger partial charge in [0.05, 0.1) is 48.6 Å². The first-order chi connectivity index (χ1) is 32.2. The van der Waals surface area contributed by atoms with Crippen LogP contribution >= 0.6 is 0 Å². The smallest absolute Gasteiger partial charge is 0.303 e. The van der Waals surface area contributed by atoms with Crippen LogP contribution in [0.3, 0.4) is 0 Å². The summed E-state index contributed by atoms with van der Waals surface area (Å²) in [5.41, 5.74) is -1.24. The van der Waals surface area contributed by atoms with Gasteiger partial charge in [0.2, 0.25) is 0 Å². The zero-order valence-electron chi connectivity index (χ0n) is 42.3. The molecule has 18 nitrogen and oxygen atoms in total. The Bertz CT molecular complexity index is 1960. The van der Waals surface area contributed by atoms with Crippen molar-refractivity contribution in [2.75, 3.05) is 13.2 Å². The first kappa shape index (κ1) is 52.0. The Kier molecular flexibility index (Phi) is 13.7. The second kappa shape index (κ2) is 18.2. The Labute approximate surface area is 405 Å². The average Bonchev–Trinajstić information content (AvgIpc) is 3.74. The van der Waals surface area contributed by atoms with Crippen molar-refractivity contribution < 1.29 is 87.6 Å². The van der Waals surface area contributed by atoms with Crippen LogP contribution in [0.2, 0.25) is 0 Å². The predicted molar refractivity (Wildman–Crippen MR) is 241 cm³/mol. The minimum Gasteiger partial charge on any atom is -0.455 e. The van der Waals surface area contributed by atoms with Crippen molar-refractivity contribution in [3.05, 3.63) is 11.6 Å². The summed E-state index contributed by atoms with van der Waals surface area (Å²) in [5.74, 6) is -1.18. The lowest BCUT2D eigenvalue weighted by atomic mass is 9.39. The molecule has 18 heteroatoms. The number of ether oxygens (including phenoxy) is 10. The van der Waals surface area contributed by atoms with Crippen molar-refractivity contribution >= 4 is 11.9 Å². The van der Waals surface area contributed by atoms with E-state index in [9.17, 15) is 40.2 Å². The molecule has 0 aromatic rings. The van der Waals surface area contributed by atoms with E-state index in [-0.39, 0.29) is 46.9 Å². The highest BCUT2D eigenvalue weighted by Gasteiger charge is 2.84. The van der Waals surface area contributed by atoms with E-state index in [1.54, 1.807) is 6.92 Å². The molecule has 392 valence electrons. The second-order valence-electron chi connectivity index (χ2n) is 24.0. The van der Waals surface area contributed by atoms with Crippen LogP contribution in [0.15, 0.2) is 11.6 Å². The van der Waals surface area contributed by atoms with E-state index in [1.165, 1.54) is 20.8 Å². The van der Waals surface area contributed by atoms with E-state index in [0.717, 1.165) is 37.7 Å². The molecule has 4 aliphatic carbocycles. The maximum absolute atomic E-state index is 12.6. The number of carbonyl (C=O) groups is 2. The van der Waals surface area contributed by atoms with Gasteiger partial charge in [-0.05, 0) is 108 Å². The number of esters is 2. The fourth-order valence-electron chi connectivity index (χ4n) is 16.2. The third-order valence-corrected chi connectivity index (χ3v) is 19.5. The molecule has 69 heavy (non-hydrogen) atoms. The number of rotatable bonds is 9. The normalized spacial score (nSPS) is 54.3. The summed E-state index contributed by atoms with van der Waals surface area (Å²) in [4.78, 5) is 25.0. The van der Waals surface area contributed by atoms with Gasteiger partial charge in [0.25, 0.3) is 0 Å². The quantitative estimate of drug-likeness (QED) is 0.110. The molecule has 9 aliphatic rings. The minimum absolute atomic E-state index is 0.0574. The molecule has 0 aromatic heterocycles. The van der Waals surface area contributed by atoms with Crippen molar-refractivity contribution in [1.82, 2.24) is 0 Å². The number of hydrogen-bond acceptors (Lipinski definition) is 18. The van der Waals surface area contributed by atoms with Crippen molar-refractivity contribution in [2.45, 2.75) is 237 Å². The Balaban J connectivity index is 0.944. The topological polar surface area (TPSA) is 248 Å². The summed E-state index contributed by atoms with van der Waals surface area (Å²) >= 11 is 0. The van der Waals surface area contributed by atoms with Crippen LogP contribution in [-0.4, -0.2) is 165 Å². The standard InChI is InChI=1S/C51H80O18/c1-23(2)18-28-19-48(10,69-45-42(65-27(6)53)41(64-26(5)52)36(55)25(4)63-45)49(11)33-15-12-29-30(50(33)21-51(49,68-28)61-22-50)13-14-32-46(7,8)34(16-17-47(29,32)9)67-43-39(58)37(56)31(20-60-43)66-44-40(59)38(57)35(54)24(3)62-44/h18,24-25,28-45,54-59H,12-17,19-22H2,1-11H3/t24-,25-,28?,29?,30?,31-,32?,33?,34?,35-,36-,37-,38+,39+,40+,41-,42+,43-,44-,45-,47+,48+,49-,50?,51?/m0/s1. The molecule has 5 saturated heterocycles. The Morgan fingerprint density at radius 2 is 1.29 bits per heavy atom. The Hall–Kier alpha value is -1.88. The molecule has 5 heterocycles. The maximum Gasteiger partial charge on any atom is 0.303 e. The third-order valence-electron chi connectivity index (χ3n) is 19.5. The molecule has 5 aliphatic heterocycles. The van der Waals surface area contributed by atoms with Crippen LogP contribution in [0.25, 0.3) is 0 Å². The van der Waals surface area contributed by atoms with E-state index in [1.807, 2.05) is 13.8 Å². The predicted octanol–water partition coefficient (Wildman–Crippen LogP) is 3.16. The molecule has 0 amide bonds. The van der Waals surface area contributed by atoms with Gasteiger partial charge in [0.1, 0.15) is 42.7 Å². The summed E-state index contributed by atoms with van der Waals surface area (Å²) < 4.78 is 63.7. The third kappa shape index (κ3) is 8.11. The lowest BCUT2D eigenvalue weighted by Crippen LogP contribution is -2.72. The molecule has 9 rings (SSSR count). The van der Waals surface area contributed by atoms with E-state index in [0.29, 0.717) is 37.7 Å². The van der Waals surface area contributed by atoms with Gasteiger partial charge in [-0.2, -0.15) is 0 Å². The zero-order chi connectivity index (χ0) is 50.1. The molecule has 4 saturated carbocycles. The van der Waals surface area contributed by atoms with E-state index in [4.69, 9.17) is 47.4 Å². The minimum atomic E-state index is -1.57. The van der Waals surface area contributed by atoms with Crippen LogP contribution in [0, 0.1) is 45.3 Å². The van der Waals surface area contributed by atoms with Gasteiger partial charge in [-0.15, -0.1) is 0 Å². The Morgan fingerprint density at radius 3 is 1.97 bits per heavy atom. The second-order valence-corrected chi connectivity index (χ2v) is 24.0. The van der Waals surface area contributed by atoms with Gasteiger partial charge in [0, 0.05) is 32.1 Å². The van der Waals surface area contributed by atoms with Crippen LogP contribution in [0.4, 0.5) is 0 Å². The largest absolute Gasteiger partial charge is 0.455 e. The highest BCUT2D eigenvalue weighted by atomic mass is 16.8. The SMILES string of the molecule is CC(=O)O[C@H]1[C@H](O[C@]2(C)CC(C=C(C)C)OC34CC5(CO3)C3CCC6C(C)(C)C(O[C@@H]7OC[C@H](O[C@@H]8O[C@@H](C)[C@H](O)[C@@H](O)[C@H]8O)[C@H](O)[C@H]7O)CC[C@]6(C)C3CCC5[C@]42C)O[C@@H](C)[C@H](O)[C@@H]1OC(C)=O. The van der Waals surface area contributed by atoms with Gasteiger partial charge in [-0.1, -0.05) is 39.3 Å². The molecule has 0 aromatic carbocycles. The molecular weight excluding hydrogens is 901 g/mol. The number of hydrogen-bond donors (Lipinski definition) is 6. The number of aliphatic hydroxyl groups is 6. The van der Waals surface area contributed by atoms with Crippen LogP contribution in [0.5, 0.6) is 0 Å². The fraction of sp³-hybridized carbons (Fsp3) is 0.922. The molecular formula is C51H80O18. The van der Waals surface area contributed by atoms with Crippen LogP contribution in [-0.2, 0) is 57.0 Å². The summed E-state index contributed by atoms with van der Waals surface area (Å²) in [6.45, 7) is 21.5. The highest BCUT2D eigenvalue weighted by molar-refractivity contribution is 5.67. The number of carbonyl (C=O) groups excluding carboxylic acids is 2. The number of allylic oxidation sites excluding steroid dienone is 1. The number of aliphatic hydroxyl groups excluding tert-OH is 6. The van der Waals surface area contributed by atoms with Crippen LogP contribution < -0.4 is 0 Å². The van der Waals surface area contributed by atoms with Gasteiger partial charge in [-0.3, -0.25) is 9.59 Å². The van der Waals surface area contributed by atoms with E-state index in [2.05, 4.69) is 40.7 Å². The lowest BCUT2D eigenvalue weighted by Gasteiger charge is -2.68. The first-order valence-electron chi connectivity index (χ1n) is 25.5. The van der Waals surface area contributed by atoms with Crippen molar-refractivity contribution in [3.8, 4) is 0 Å². The maximum atomic E-state index is 12.6. The summed E-state index contributed by atoms with van der Waals surface area (Å²) in [5, 5.41) is 64.8. The number of fused-ring (bicyclic) bond motifs is 4. The van der Waals surface area contributed by atoms with Gasteiger partial charge >= 0.3 is 11.9 Å². The first-order valence-corrected chi connectivity index (χ1v) is 25.5. The molecule has 9 fully saturated rings. The van der Waals surface area contributed by atoms with Crippen molar-refractivity contribution in [2.24, 2.45) is 45.3 Å². The van der Waals surface area contributed by atoms with Gasteiger partial charge in [0.15, 0.2) is 36.9 Å². The lowest BCUT2D eigenvalue weighted by molar-refractivity contribution is -0.412. The monoisotopic (exact) mass is 981 g/mol. The highest BCUT2D eigenvalue weighted by Crippen LogP contribution is 2.80. The molecule has 8 unspecified atom stereocenters. The van der Waals surface area contributed by atoms with Crippen molar-refractivity contribution in [1.29, 1.82) is 0 Å². The molecule has 0 radical (unpaired) electrons. The van der Waals surface area contributed by atoms with Crippen molar-refractivity contribution in [3.63, 3.8) is 0 Å². The van der Waals surface area contributed by atoms with E-state index >= 15 is 0 Å². The zero-order valence-corrected chi connectivity index (χ0v) is 42.3. The van der Waals surface area contributed by atoms with E-state index < -0.39 is 115 Å². The Morgan fingerprint density at radius 1 is 0.667 bits per heavy atom.